The number of hydrogen-bond acceptors (Lipinski definition) is 3. The molecule has 2 saturated heterocycles. The third kappa shape index (κ3) is 3.23. The minimum Gasteiger partial charge on any atom is -0.303 e. The van der Waals surface area contributed by atoms with Gasteiger partial charge < -0.3 is 4.90 Å². The molecule has 0 amide bonds. The Hall–Kier alpha value is 1.00. The molecule has 0 aromatic rings. The minimum atomic E-state index is 0.873. The van der Waals surface area contributed by atoms with Gasteiger partial charge in [-0.3, -0.25) is 0 Å². The summed E-state index contributed by atoms with van der Waals surface area (Å²) in [6.07, 6.45) is 1.43. The molecule has 0 unspecified atom stereocenters. The largest absolute Gasteiger partial charge is 0.303 e. The fraction of sp³-hybridized carbons (Fsp3) is 1.00. The second-order valence-electron chi connectivity index (χ2n) is 5.33. The smallest absolute Gasteiger partial charge is 0.0150 e. The summed E-state index contributed by atoms with van der Waals surface area (Å²) in [4.78, 5) is 2.69. The maximum absolute atomic E-state index is 2.69. The van der Waals surface area contributed by atoms with E-state index in [-0.39, 0.29) is 0 Å². The molecule has 2 heterocycles. The van der Waals surface area contributed by atoms with E-state index in [1.54, 1.807) is 0 Å². The van der Waals surface area contributed by atoms with E-state index in [0.717, 1.165) is 17.8 Å². The van der Waals surface area contributed by atoms with E-state index in [1.807, 2.05) is 9.12 Å². The average molecular weight is 340 g/mol. The van der Waals surface area contributed by atoms with E-state index in [0.29, 0.717) is 0 Å². The molecule has 2 rings (SSSR count). The predicted molar refractivity (Wildman–Crippen MR) is 76.1 cm³/mol. The van der Waals surface area contributed by atoms with Crippen molar-refractivity contribution in [1.29, 1.82) is 0 Å². The van der Waals surface area contributed by atoms with Gasteiger partial charge in [0, 0.05) is 47.4 Å². The van der Waals surface area contributed by atoms with Crippen molar-refractivity contribution in [2.75, 3.05) is 32.7 Å². The molecular formula is C11H21IN2S. The van der Waals surface area contributed by atoms with Crippen LogP contribution in [0.1, 0.15) is 20.3 Å². The van der Waals surface area contributed by atoms with Gasteiger partial charge in [0.2, 0.25) is 0 Å². The van der Waals surface area contributed by atoms with Gasteiger partial charge >= 0.3 is 0 Å². The second-order valence-corrected chi connectivity index (χ2v) is 7.17. The van der Waals surface area contributed by atoms with Gasteiger partial charge in [0.15, 0.2) is 0 Å². The Kier molecular flexibility index (Phi) is 4.62. The molecule has 2 fully saturated rings. The number of halogens is 1. The van der Waals surface area contributed by atoms with Crippen molar-refractivity contribution in [2.24, 2.45) is 17.8 Å². The Bertz CT molecular complexity index is 207. The molecule has 15 heavy (non-hydrogen) atoms. The Morgan fingerprint density at radius 1 is 1.33 bits per heavy atom. The van der Waals surface area contributed by atoms with Crippen LogP contribution in [-0.4, -0.2) is 41.9 Å². The monoisotopic (exact) mass is 340 g/mol. The maximum Gasteiger partial charge on any atom is 0.0150 e. The van der Waals surface area contributed by atoms with Crippen LogP contribution >= 0.6 is 30.3 Å². The van der Waals surface area contributed by atoms with E-state index in [4.69, 9.17) is 0 Å². The van der Waals surface area contributed by atoms with E-state index < -0.39 is 0 Å². The van der Waals surface area contributed by atoms with Crippen LogP contribution in [0.15, 0.2) is 0 Å². The Balaban J connectivity index is 1.65. The molecule has 88 valence electrons. The molecular weight excluding hydrogens is 319 g/mol. The molecule has 0 aromatic carbocycles. The average Bonchev–Trinajstić information content (AvgIpc) is 2.58. The van der Waals surface area contributed by atoms with Crippen LogP contribution in [0.5, 0.6) is 0 Å². The lowest BCUT2D eigenvalue weighted by molar-refractivity contribution is 0.155. The Morgan fingerprint density at radius 3 is 2.60 bits per heavy atom. The topological polar surface area (TPSA) is 6.48 Å². The molecule has 0 bridgehead atoms. The standard InChI is InChI=1S/C11H21IN2S/c1-9(2)11-3-4-13(8-11)5-10-6-14(7-10)15-12/h9-11H,3-8H2,1-2H3/t11-/m0/s1. The fourth-order valence-corrected chi connectivity index (χ4v) is 4.13. The predicted octanol–water partition coefficient (Wildman–Crippen LogP) is 2.89. The third-order valence-electron chi connectivity index (χ3n) is 3.79. The van der Waals surface area contributed by atoms with Crippen molar-refractivity contribution in [1.82, 2.24) is 9.21 Å². The molecule has 4 heteroatoms. The van der Waals surface area contributed by atoms with Gasteiger partial charge in [-0.25, -0.2) is 4.31 Å². The molecule has 0 aliphatic carbocycles. The highest BCUT2D eigenvalue weighted by Crippen LogP contribution is 2.31. The molecule has 0 N–H and O–H groups in total. The van der Waals surface area contributed by atoms with Crippen LogP contribution in [0, 0.1) is 17.8 Å². The van der Waals surface area contributed by atoms with E-state index in [9.17, 15) is 0 Å². The van der Waals surface area contributed by atoms with Crippen molar-refractivity contribution >= 4 is 30.3 Å². The van der Waals surface area contributed by atoms with Crippen molar-refractivity contribution in [2.45, 2.75) is 20.3 Å². The zero-order valence-electron chi connectivity index (χ0n) is 9.66. The highest BCUT2D eigenvalue weighted by Gasteiger charge is 2.31. The molecule has 0 saturated carbocycles. The molecule has 0 aromatic heterocycles. The van der Waals surface area contributed by atoms with Gasteiger partial charge in [0.25, 0.3) is 0 Å². The summed E-state index contributed by atoms with van der Waals surface area (Å²) in [5, 5.41) is 0. The summed E-state index contributed by atoms with van der Waals surface area (Å²) >= 11 is 2.38. The van der Waals surface area contributed by atoms with Gasteiger partial charge in [0.05, 0.1) is 0 Å². The third-order valence-corrected chi connectivity index (χ3v) is 5.95. The van der Waals surface area contributed by atoms with Gasteiger partial charge in [-0.15, -0.1) is 0 Å². The highest BCUT2D eigenvalue weighted by molar-refractivity contribution is 14.2. The molecule has 0 spiro atoms. The summed E-state index contributed by atoms with van der Waals surface area (Å²) < 4.78 is 2.45. The zero-order valence-corrected chi connectivity index (χ0v) is 12.6. The van der Waals surface area contributed by atoms with Crippen LogP contribution in [0.4, 0.5) is 0 Å². The van der Waals surface area contributed by atoms with Crippen molar-refractivity contribution in [3.05, 3.63) is 0 Å². The number of likely N-dealkylation sites (tertiary alicyclic amines) is 1. The molecule has 2 aliphatic heterocycles. The lowest BCUT2D eigenvalue weighted by Crippen LogP contribution is -2.47. The first-order valence-electron chi connectivity index (χ1n) is 5.95. The van der Waals surface area contributed by atoms with Crippen LogP contribution in [0.25, 0.3) is 0 Å². The first-order chi connectivity index (χ1) is 7.19. The van der Waals surface area contributed by atoms with E-state index in [2.05, 4.69) is 44.3 Å². The van der Waals surface area contributed by atoms with E-state index in [1.165, 1.54) is 39.1 Å². The quantitative estimate of drug-likeness (QED) is 0.574. The lowest BCUT2D eigenvalue weighted by Gasteiger charge is -2.38. The number of nitrogens with zero attached hydrogens (tertiary/aromatic N) is 2. The molecule has 2 aliphatic rings. The van der Waals surface area contributed by atoms with Crippen LogP contribution < -0.4 is 0 Å². The number of hydrogen-bond donors (Lipinski definition) is 0. The van der Waals surface area contributed by atoms with Crippen molar-refractivity contribution in [3.63, 3.8) is 0 Å². The zero-order chi connectivity index (χ0) is 10.8. The Labute approximate surface area is 110 Å². The SMILES string of the molecule is CC(C)[C@H]1CCN(CC2CN(SI)C2)C1. The van der Waals surface area contributed by atoms with Gasteiger partial charge in [-0.2, -0.15) is 0 Å². The fourth-order valence-electron chi connectivity index (χ4n) is 2.63. The summed E-state index contributed by atoms with van der Waals surface area (Å²) in [5.41, 5.74) is 0. The molecule has 0 radical (unpaired) electrons. The summed E-state index contributed by atoms with van der Waals surface area (Å²) in [5.74, 6) is 2.77. The first kappa shape index (κ1) is 12.5. The van der Waals surface area contributed by atoms with Crippen LogP contribution in [0.3, 0.4) is 0 Å². The van der Waals surface area contributed by atoms with Crippen molar-refractivity contribution < 1.29 is 0 Å². The Morgan fingerprint density at radius 2 is 2.07 bits per heavy atom. The first-order valence-corrected chi connectivity index (χ1v) is 9.26. The summed E-state index contributed by atoms with van der Waals surface area (Å²) in [7, 11) is 1.86. The van der Waals surface area contributed by atoms with Crippen LogP contribution in [-0.2, 0) is 0 Å². The van der Waals surface area contributed by atoms with Gasteiger partial charge in [-0.1, -0.05) is 13.8 Å². The van der Waals surface area contributed by atoms with Crippen molar-refractivity contribution in [3.8, 4) is 0 Å². The normalized spacial score (nSPS) is 30.0. The maximum atomic E-state index is 2.69. The summed E-state index contributed by atoms with van der Waals surface area (Å²) in [6, 6.07) is 0. The second kappa shape index (κ2) is 5.56. The summed E-state index contributed by atoms with van der Waals surface area (Å²) in [6.45, 7) is 11.4. The highest BCUT2D eigenvalue weighted by atomic mass is 127. The lowest BCUT2D eigenvalue weighted by atomic mass is 9.95. The van der Waals surface area contributed by atoms with Gasteiger partial charge in [-0.05, 0) is 39.8 Å². The van der Waals surface area contributed by atoms with E-state index >= 15 is 0 Å². The minimum absolute atomic E-state index is 0.873. The number of rotatable bonds is 4. The van der Waals surface area contributed by atoms with Crippen LogP contribution in [0.2, 0.25) is 0 Å². The molecule has 1 atom stereocenters. The molecule has 2 nitrogen and oxygen atoms in total. The van der Waals surface area contributed by atoms with Gasteiger partial charge in [0.1, 0.15) is 0 Å².